The van der Waals surface area contributed by atoms with E-state index in [-0.39, 0.29) is 41.1 Å². The van der Waals surface area contributed by atoms with E-state index in [0.717, 1.165) is 10.8 Å². The summed E-state index contributed by atoms with van der Waals surface area (Å²) in [6, 6.07) is 0. The van der Waals surface area contributed by atoms with Crippen LogP contribution in [0, 0.1) is 0 Å². The summed E-state index contributed by atoms with van der Waals surface area (Å²) in [5, 5.41) is 9.96. The molecular formula is C6H11NaO5S3. The zero-order valence-corrected chi connectivity index (χ0v) is 12.8. The largest absolute Gasteiger partial charge is 1.00 e. The number of rotatable bonds is 8. The van der Waals surface area contributed by atoms with E-state index in [1.165, 1.54) is 10.8 Å². The minimum absolute atomic E-state index is 0. The van der Waals surface area contributed by atoms with Crippen molar-refractivity contribution >= 4 is 37.7 Å². The van der Waals surface area contributed by atoms with Crippen molar-refractivity contribution in [2.45, 2.75) is 12.8 Å². The molecule has 9 heteroatoms. The second kappa shape index (κ2) is 10.2. The first kappa shape index (κ1) is 18.4. The molecule has 15 heavy (non-hydrogen) atoms. The molecule has 0 fully saturated rings. The third-order valence-corrected chi connectivity index (χ3v) is 4.27. The Bertz CT molecular complexity index is 266. The molecule has 0 amide bonds. The Morgan fingerprint density at radius 2 is 1.87 bits per heavy atom. The first-order chi connectivity index (χ1) is 6.42. The first-order valence-electron chi connectivity index (χ1n) is 3.81. The summed E-state index contributed by atoms with van der Waals surface area (Å²) in [7, 11) is -1.34. The molecule has 0 aromatic carbocycles. The van der Waals surface area contributed by atoms with E-state index in [4.69, 9.17) is 4.55 Å². The van der Waals surface area contributed by atoms with Gasteiger partial charge in [-0.3, -0.25) is 4.55 Å². The average Bonchev–Trinajstić information content (AvgIpc) is 2.00. The number of carbonyl (C=O) groups is 1. The van der Waals surface area contributed by atoms with Gasteiger partial charge in [0, 0.05) is 11.5 Å². The Morgan fingerprint density at radius 1 is 1.27 bits per heavy atom. The topological polar surface area (TPSA) is 94.5 Å². The van der Waals surface area contributed by atoms with E-state index < -0.39 is 16.1 Å². The van der Waals surface area contributed by atoms with Crippen LogP contribution in [0.5, 0.6) is 0 Å². The second-order valence-corrected chi connectivity index (χ2v) is 6.60. The maximum atomic E-state index is 10.3. The smallest absolute Gasteiger partial charge is 0.549 e. The number of hydrogen-bond acceptors (Lipinski definition) is 6. The SMILES string of the molecule is O=C([O-])CSSCCCCS(=O)(=O)O.[Na+]. The molecule has 0 atom stereocenters. The minimum Gasteiger partial charge on any atom is -0.549 e. The van der Waals surface area contributed by atoms with Crippen LogP contribution in [0.15, 0.2) is 0 Å². The zero-order chi connectivity index (χ0) is 11.0. The summed E-state index contributed by atoms with van der Waals surface area (Å²) in [5.74, 6) is -0.754. The molecule has 0 spiro atoms. The fourth-order valence-electron chi connectivity index (χ4n) is 0.594. The van der Waals surface area contributed by atoms with Gasteiger partial charge in [0.05, 0.1) is 11.7 Å². The van der Waals surface area contributed by atoms with Crippen molar-refractivity contribution in [2.24, 2.45) is 0 Å². The van der Waals surface area contributed by atoms with Gasteiger partial charge in [0.25, 0.3) is 10.1 Å². The van der Waals surface area contributed by atoms with Crippen LogP contribution >= 0.6 is 21.6 Å². The van der Waals surface area contributed by atoms with Gasteiger partial charge in [0.1, 0.15) is 0 Å². The van der Waals surface area contributed by atoms with E-state index in [1.807, 2.05) is 0 Å². The fraction of sp³-hybridized carbons (Fsp3) is 0.833. The van der Waals surface area contributed by atoms with Crippen molar-refractivity contribution in [3.8, 4) is 0 Å². The van der Waals surface area contributed by atoms with Gasteiger partial charge in [-0.15, -0.1) is 0 Å². The molecule has 0 aliphatic heterocycles. The van der Waals surface area contributed by atoms with Gasteiger partial charge in [0.2, 0.25) is 0 Å². The number of unbranched alkanes of at least 4 members (excludes halogenated alkanes) is 1. The summed E-state index contributed by atoms with van der Waals surface area (Å²) < 4.78 is 28.9. The fourth-order valence-corrected chi connectivity index (χ4v) is 3.03. The molecule has 0 aliphatic carbocycles. The molecule has 0 unspecified atom stereocenters. The molecule has 0 radical (unpaired) electrons. The van der Waals surface area contributed by atoms with E-state index in [1.54, 1.807) is 0 Å². The molecule has 0 bridgehead atoms. The maximum Gasteiger partial charge on any atom is 1.00 e. The monoisotopic (exact) mass is 282 g/mol. The third-order valence-electron chi connectivity index (χ3n) is 1.14. The van der Waals surface area contributed by atoms with Crippen molar-refractivity contribution in [2.75, 3.05) is 17.3 Å². The van der Waals surface area contributed by atoms with Crippen LogP contribution in [0.1, 0.15) is 12.8 Å². The number of carboxylic acid groups (broad SMARTS) is 1. The van der Waals surface area contributed by atoms with E-state index in [2.05, 4.69) is 0 Å². The van der Waals surface area contributed by atoms with Crippen molar-refractivity contribution in [3.05, 3.63) is 0 Å². The van der Waals surface area contributed by atoms with Gasteiger partial charge < -0.3 is 9.90 Å². The standard InChI is InChI=1S/C6H12O5S3.Na/c7-6(8)5-13-12-3-1-2-4-14(9,10)11;/h1-5H2,(H,7,8)(H,9,10,11);/q;+1/p-1. The van der Waals surface area contributed by atoms with Crippen LogP contribution in [0.4, 0.5) is 0 Å². The van der Waals surface area contributed by atoms with Crippen LogP contribution in [0.3, 0.4) is 0 Å². The Balaban J connectivity index is 0. The molecule has 0 aromatic heterocycles. The van der Waals surface area contributed by atoms with Gasteiger partial charge in [0.15, 0.2) is 0 Å². The van der Waals surface area contributed by atoms with Gasteiger partial charge in [-0.25, -0.2) is 0 Å². The first-order valence-corrected chi connectivity index (χ1v) is 7.91. The van der Waals surface area contributed by atoms with Gasteiger partial charge in [-0.1, -0.05) is 21.6 Å². The maximum absolute atomic E-state index is 10.3. The van der Waals surface area contributed by atoms with Crippen LogP contribution in [0.25, 0.3) is 0 Å². The van der Waals surface area contributed by atoms with Crippen LogP contribution in [0.2, 0.25) is 0 Å². The predicted molar refractivity (Wildman–Crippen MR) is 55.6 cm³/mol. The molecule has 0 aliphatic rings. The number of carbonyl (C=O) groups excluding carboxylic acids is 1. The molecule has 0 rings (SSSR count). The molecular weight excluding hydrogens is 271 g/mol. The van der Waals surface area contributed by atoms with Crippen molar-refractivity contribution in [1.29, 1.82) is 0 Å². The van der Waals surface area contributed by atoms with Crippen LogP contribution in [-0.4, -0.2) is 36.2 Å². The zero-order valence-electron chi connectivity index (χ0n) is 8.34. The van der Waals surface area contributed by atoms with Crippen molar-refractivity contribution < 1.29 is 52.4 Å². The number of carboxylic acids is 1. The van der Waals surface area contributed by atoms with E-state index in [0.29, 0.717) is 18.6 Å². The second-order valence-electron chi connectivity index (χ2n) is 2.45. The average molecular weight is 282 g/mol. The summed E-state index contributed by atoms with van der Waals surface area (Å²) in [4.78, 5) is 9.96. The normalized spacial score (nSPS) is 10.7. The predicted octanol–water partition coefficient (Wildman–Crippen LogP) is -3.21. The van der Waals surface area contributed by atoms with Crippen molar-refractivity contribution in [1.82, 2.24) is 0 Å². The summed E-state index contributed by atoms with van der Waals surface area (Å²) in [5.41, 5.74) is 0. The van der Waals surface area contributed by atoms with Gasteiger partial charge >= 0.3 is 29.6 Å². The molecule has 1 N–H and O–H groups in total. The van der Waals surface area contributed by atoms with Gasteiger partial charge in [-0.05, 0) is 12.8 Å². The Labute approximate surface area is 119 Å². The third kappa shape index (κ3) is 17.7. The summed E-state index contributed by atoms with van der Waals surface area (Å²) in [6.07, 6.45) is 1.02. The quantitative estimate of drug-likeness (QED) is 0.217. The molecule has 5 nitrogen and oxygen atoms in total. The summed E-state index contributed by atoms with van der Waals surface area (Å²) in [6.45, 7) is 0. The molecule has 0 heterocycles. The number of hydrogen-bond donors (Lipinski definition) is 1. The molecule has 0 saturated carbocycles. The Kier molecular flexibility index (Phi) is 12.6. The molecule has 84 valence electrons. The van der Waals surface area contributed by atoms with E-state index >= 15 is 0 Å². The minimum atomic E-state index is -3.85. The number of aliphatic carboxylic acids is 1. The van der Waals surface area contributed by atoms with Crippen molar-refractivity contribution in [3.63, 3.8) is 0 Å². The molecule has 0 aromatic rings. The van der Waals surface area contributed by atoms with E-state index in [9.17, 15) is 18.3 Å². The summed E-state index contributed by atoms with van der Waals surface area (Å²) >= 11 is 0. The van der Waals surface area contributed by atoms with Crippen LogP contribution in [-0.2, 0) is 14.9 Å². The Morgan fingerprint density at radius 3 is 2.33 bits per heavy atom. The van der Waals surface area contributed by atoms with Crippen LogP contribution < -0.4 is 34.7 Å². The van der Waals surface area contributed by atoms with Gasteiger partial charge in [-0.2, -0.15) is 8.42 Å². The molecule has 0 saturated heterocycles. The Hall–Kier alpha value is 1.08.